The minimum Gasteiger partial charge on any atom is -0.455 e. The topological polar surface area (TPSA) is 13.1 Å². The van der Waals surface area contributed by atoms with E-state index in [2.05, 4.69) is 176 Å². The molecule has 246 valence electrons. The normalized spacial score (nSPS) is 12.7. The molecule has 1 heteroatoms. The average Bonchev–Trinajstić information content (AvgIpc) is 3.61. The van der Waals surface area contributed by atoms with Crippen molar-refractivity contribution < 1.29 is 4.42 Å². The zero-order chi connectivity index (χ0) is 34.9. The molecule has 0 unspecified atom stereocenters. The van der Waals surface area contributed by atoms with Crippen molar-refractivity contribution in [3.05, 3.63) is 193 Å². The summed E-state index contributed by atoms with van der Waals surface area (Å²) in [5.74, 6) is 0. The highest BCUT2D eigenvalue weighted by Gasteiger charge is 2.22. The smallest absolute Gasteiger partial charge is 0.143 e. The van der Waals surface area contributed by atoms with Crippen LogP contribution in [0.1, 0.15) is 23.1 Å². The highest BCUT2D eigenvalue weighted by atomic mass is 16.3. The van der Waals surface area contributed by atoms with Gasteiger partial charge in [-0.1, -0.05) is 158 Å². The van der Waals surface area contributed by atoms with Crippen LogP contribution in [0, 0.1) is 12.1 Å². The summed E-state index contributed by atoms with van der Waals surface area (Å²) in [5.41, 5.74) is 14.3. The van der Waals surface area contributed by atoms with Crippen LogP contribution >= 0.6 is 0 Å². The Labute approximate surface area is 308 Å². The monoisotopic (exact) mass is 672 g/mol. The molecule has 0 bridgehead atoms. The molecule has 1 aliphatic carbocycles. The molecule has 1 heterocycles. The van der Waals surface area contributed by atoms with E-state index in [4.69, 9.17) is 4.42 Å². The number of hydrogen-bond donors (Lipinski definition) is 0. The number of allylic oxidation sites excluding steroid dienone is 1. The molecule has 1 aromatic heterocycles. The molecule has 0 saturated carbocycles. The Kier molecular flexibility index (Phi) is 6.66. The minimum atomic E-state index is 0.887. The molecule has 0 amide bonds. The lowest BCUT2D eigenvalue weighted by atomic mass is 9.82. The SMILES string of the molecule is c1ccc2c(-c3ccc4oc5c(-c6cccc7ccccc67)cccc5c4c3)c3ccccc3c(-c3ccccc3C3=Cc4ccccc4CC3)c2c#1. The van der Waals surface area contributed by atoms with Crippen molar-refractivity contribution in [3.8, 4) is 33.4 Å². The van der Waals surface area contributed by atoms with Crippen LogP contribution in [0.15, 0.2) is 168 Å². The van der Waals surface area contributed by atoms with Gasteiger partial charge in [-0.2, -0.15) is 0 Å². The summed E-state index contributed by atoms with van der Waals surface area (Å²) in [6.45, 7) is 0. The van der Waals surface area contributed by atoms with Gasteiger partial charge in [-0.05, 0) is 109 Å². The van der Waals surface area contributed by atoms with Crippen molar-refractivity contribution in [2.24, 2.45) is 0 Å². The van der Waals surface area contributed by atoms with E-state index in [1.807, 2.05) is 6.07 Å². The number of aryl methyl sites for hydroxylation is 1. The van der Waals surface area contributed by atoms with Crippen molar-refractivity contribution in [2.45, 2.75) is 12.8 Å². The van der Waals surface area contributed by atoms with Gasteiger partial charge in [-0.3, -0.25) is 0 Å². The number of para-hydroxylation sites is 1. The Morgan fingerprint density at radius 2 is 1.17 bits per heavy atom. The van der Waals surface area contributed by atoms with E-state index in [-0.39, 0.29) is 0 Å². The van der Waals surface area contributed by atoms with E-state index in [0.717, 1.165) is 51.3 Å². The molecule has 0 atom stereocenters. The Balaban J connectivity index is 1.13. The second-order valence-electron chi connectivity index (χ2n) is 14.1. The predicted molar refractivity (Wildman–Crippen MR) is 223 cm³/mol. The molecule has 0 fully saturated rings. The Hall–Kier alpha value is -6.88. The van der Waals surface area contributed by atoms with E-state index in [1.54, 1.807) is 0 Å². The van der Waals surface area contributed by atoms with E-state index < -0.39 is 0 Å². The van der Waals surface area contributed by atoms with E-state index in [9.17, 15) is 0 Å². The molecular formula is C52H32O. The molecule has 9 aromatic carbocycles. The van der Waals surface area contributed by atoms with Gasteiger partial charge in [0, 0.05) is 27.3 Å². The molecular weight excluding hydrogens is 641 g/mol. The van der Waals surface area contributed by atoms with Crippen molar-refractivity contribution in [1.29, 1.82) is 0 Å². The first-order chi connectivity index (χ1) is 26.3. The Bertz CT molecular complexity index is 3060. The van der Waals surface area contributed by atoms with Gasteiger partial charge in [0.25, 0.3) is 0 Å². The van der Waals surface area contributed by atoms with E-state index in [0.29, 0.717) is 0 Å². The third-order valence-electron chi connectivity index (χ3n) is 11.2. The van der Waals surface area contributed by atoms with Crippen LogP contribution in [0.3, 0.4) is 0 Å². The van der Waals surface area contributed by atoms with E-state index >= 15 is 0 Å². The lowest BCUT2D eigenvalue weighted by Crippen LogP contribution is -2.00. The first kappa shape index (κ1) is 29.8. The Morgan fingerprint density at radius 3 is 2.09 bits per heavy atom. The van der Waals surface area contributed by atoms with Crippen molar-refractivity contribution >= 4 is 65.9 Å². The van der Waals surface area contributed by atoms with Gasteiger partial charge in [0.15, 0.2) is 0 Å². The fraction of sp³-hybridized carbons (Fsp3) is 0.0385. The number of benzene rings is 8. The van der Waals surface area contributed by atoms with Crippen LogP contribution < -0.4 is 0 Å². The van der Waals surface area contributed by atoms with Crippen molar-refractivity contribution in [2.75, 3.05) is 0 Å². The molecule has 0 aliphatic heterocycles. The maximum absolute atomic E-state index is 6.71. The lowest BCUT2D eigenvalue weighted by Gasteiger charge is -2.21. The van der Waals surface area contributed by atoms with Crippen LogP contribution in [0.4, 0.5) is 0 Å². The molecule has 0 N–H and O–H groups in total. The molecule has 0 saturated heterocycles. The van der Waals surface area contributed by atoms with Gasteiger partial charge in [0.2, 0.25) is 0 Å². The van der Waals surface area contributed by atoms with Gasteiger partial charge >= 0.3 is 0 Å². The highest BCUT2D eigenvalue weighted by Crippen LogP contribution is 2.47. The Morgan fingerprint density at radius 1 is 0.472 bits per heavy atom. The molecule has 0 radical (unpaired) electrons. The quantitative estimate of drug-likeness (QED) is 0.181. The fourth-order valence-corrected chi connectivity index (χ4v) is 8.84. The molecule has 11 rings (SSSR count). The van der Waals surface area contributed by atoms with Gasteiger partial charge in [0.05, 0.1) is 0 Å². The summed E-state index contributed by atoms with van der Waals surface area (Å²) in [7, 11) is 0. The largest absolute Gasteiger partial charge is 0.455 e. The zero-order valence-electron chi connectivity index (χ0n) is 29.0. The standard InChI is InChI=1S/C52H32O/c1-2-15-35-31-36(28-27-33(35)13-1)39-18-5-6-19-41(39)51-44-22-9-7-20-42(44)50(43-21-8-10-23-45(43)51)37-29-30-49-48(32-37)47-26-12-25-46(52(47)53-49)40-24-11-16-34-14-3-4-17-38(34)40/h1-9,11-22,24-26,29-32H,27-28H2. The number of rotatable bonds is 4. The predicted octanol–water partition coefficient (Wildman–Crippen LogP) is 14.1. The van der Waals surface area contributed by atoms with Crippen LogP contribution in [0.25, 0.3) is 99.3 Å². The van der Waals surface area contributed by atoms with E-state index in [1.165, 1.54) is 71.4 Å². The maximum atomic E-state index is 6.71. The first-order valence-corrected chi connectivity index (χ1v) is 18.4. The minimum absolute atomic E-state index is 0.887. The third-order valence-corrected chi connectivity index (χ3v) is 11.2. The first-order valence-electron chi connectivity index (χ1n) is 18.4. The van der Waals surface area contributed by atoms with Crippen molar-refractivity contribution in [1.82, 2.24) is 0 Å². The van der Waals surface area contributed by atoms with Crippen LogP contribution in [-0.4, -0.2) is 0 Å². The number of fused-ring (bicyclic) bond motifs is 7. The van der Waals surface area contributed by atoms with Crippen LogP contribution in [0.5, 0.6) is 0 Å². The summed E-state index contributed by atoms with van der Waals surface area (Å²) < 4.78 is 6.71. The molecule has 1 aliphatic rings. The second kappa shape index (κ2) is 11.8. The highest BCUT2D eigenvalue weighted by molar-refractivity contribution is 6.23. The van der Waals surface area contributed by atoms with Crippen LogP contribution in [0.2, 0.25) is 0 Å². The van der Waals surface area contributed by atoms with Gasteiger partial charge in [-0.15, -0.1) is 0 Å². The van der Waals surface area contributed by atoms with Gasteiger partial charge < -0.3 is 4.42 Å². The van der Waals surface area contributed by atoms with Gasteiger partial charge in [0.1, 0.15) is 11.2 Å². The molecule has 1 nitrogen and oxygen atoms in total. The molecule has 10 aromatic rings. The zero-order valence-corrected chi connectivity index (χ0v) is 29.0. The lowest BCUT2D eigenvalue weighted by molar-refractivity contribution is 0.670. The summed E-state index contributed by atoms with van der Waals surface area (Å²) in [4.78, 5) is 0. The molecule has 53 heavy (non-hydrogen) atoms. The summed E-state index contributed by atoms with van der Waals surface area (Å²) in [5, 5.41) is 9.36. The second-order valence-corrected chi connectivity index (χ2v) is 14.1. The fourth-order valence-electron chi connectivity index (χ4n) is 8.84. The average molecular weight is 673 g/mol. The number of hydrogen-bond acceptors (Lipinski definition) is 1. The van der Waals surface area contributed by atoms with Gasteiger partial charge in [-0.25, -0.2) is 0 Å². The van der Waals surface area contributed by atoms with Crippen LogP contribution in [-0.2, 0) is 6.42 Å². The molecule has 0 spiro atoms. The number of furan rings is 1. The third kappa shape index (κ3) is 4.66. The summed E-state index contributed by atoms with van der Waals surface area (Å²) in [6, 6.07) is 66.0. The van der Waals surface area contributed by atoms with Crippen molar-refractivity contribution in [3.63, 3.8) is 0 Å². The summed E-state index contributed by atoms with van der Waals surface area (Å²) >= 11 is 0. The summed E-state index contributed by atoms with van der Waals surface area (Å²) in [6.07, 6.45) is 4.45. The maximum Gasteiger partial charge on any atom is 0.143 e.